The smallest absolute Gasteiger partial charge is 0.256 e. The van der Waals surface area contributed by atoms with Crippen molar-refractivity contribution in [1.82, 2.24) is 9.88 Å². The molecule has 1 saturated heterocycles. The van der Waals surface area contributed by atoms with E-state index in [4.69, 9.17) is 4.74 Å². The number of hydrogen-bond acceptors (Lipinski definition) is 3. The molecule has 2 rings (SSSR count). The number of morpholine rings is 1. The van der Waals surface area contributed by atoms with Crippen LogP contribution in [0, 0.1) is 0 Å². The van der Waals surface area contributed by atoms with Crippen molar-refractivity contribution in [3.63, 3.8) is 0 Å². The third kappa shape index (κ3) is 2.07. The zero-order chi connectivity index (χ0) is 11.5. The van der Waals surface area contributed by atoms with Crippen LogP contribution in [0.1, 0.15) is 24.2 Å². The molecule has 1 aromatic heterocycles. The molecule has 0 unspecified atom stereocenters. The van der Waals surface area contributed by atoms with Crippen molar-refractivity contribution < 1.29 is 9.53 Å². The first-order valence-corrected chi connectivity index (χ1v) is 5.50. The lowest BCUT2D eigenvalue weighted by Gasteiger charge is -2.38. The first kappa shape index (κ1) is 11.1. The largest absolute Gasteiger partial charge is 0.377 e. The number of carbonyl (C=O) groups excluding carboxylic acids is 1. The summed E-state index contributed by atoms with van der Waals surface area (Å²) in [5.74, 6) is 0.0383. The van der Waals surface area contributed by atoms with Crippen LogP contribution in [0.15, 0.2) is 24.5 Å². The number of amides is 1. The second kappa shape index (κ2) is 4.61. The minimum absolute atomic E-state index is 0.0383. The lowest BCUT2D eigenvalue weighted by molar-refractivity contribution is -0.0249. The Balaban J connectivity index is 2.20. The highest BCUT2D eigenvalue weighted by molar-refractivity contribution is 5.94. The quantitative estimate of drug-likeness (QED) is 0.717. The Kier molecular flexibility index (Phi) is 3.19. The van der Waals surface area contributed by atoms with Crippen molar-refractivity contribution in [3.05, 3.63) is 30.1 Å². The summed E-state index contributed by atoms with van der Waals surface area (Å²) in [5.41, 5.74) is 0.642. The van der Waals surface area contributed by atoms with Crippen molar-refractivity contribution in [3.8, 4) is 0 Å². The van der Waals surface area contributed by atoms with Gasteiger partial charge in [0.1, 0.15) is 0 Å². The fourth-order valence-electron chi connectivity index (χ4n) is 2.04. The van der Waals surface area contributed by atoms with E-state index in [1.165, 1.54) is 0 Å². The number of ether oxygens (including phenoxy) is 1. The standard InChI is InChI=1S/C12H16N2O2/c1-9-7-16-8-10(2)14(9)12(15)11-4-3-5-13-6-11/h3-6,9-10H,7-8H2,1-2H3/t9-,10+. The van der Waals surface area contributed by atoms with Crippen molar-refractivity contribution in [1.29, 1.82) is 0 Å². The maximum absolute atomic E-state index is 12.3. The number of nitrogens with zero attached hydrogens (tertiary/aromatic N) is 2. The topological polar surface area (TPSA) is 42.4 Å². The molecule has 2 heterocycles. The van der Waals surface area contributed by atoms with Crippen LogP contribution in [0.2, 0.25) is 0 Å². The molecule has 1 aliphatic heterocycles. The molecular formula is C12H16N2O2. The van der Waals surface area contributed by atoms with E-state index in [0.29, 0.717) is 18.8 Å². The second-order valence-electron chi connectivity index (χ2n) is 4.19. The van der Waals surface area contributed by atoms with Crippen LogP contribution in [0.5, 0.6) is 0 Å². The Morgan fingerprint density at radius 3 is 2.69 bits per heavy atom. The van der Waals surface area contributed by atoms with Gasteiger partial charge in [0.25, 0.3) is 5.91 Å². The van der Waals surface area contributed by atoms with Crippen molar-refractivity contribution in [2.24, 2.45) is 0 Å². The van der Waals surface area contributed by atoms with Crippen molar-refractivity contribution in [2.45, 2.75) is 25.9 Å². The molecule has 0 saturated carbocycles. The summed E-state index contributed by atoms with van der Waals surface area (Å²) in [7, 11) is 0. The molecule has 0 N–H and O–H groups in total. The van der Waals surface area contributed by atoms with Crippen LogP contribution in [0.3, 0.4) is 0 Å². The molecule has 0 bridgehead atoms. The van der Waals surface area contributed by atoms with Crippen LogP contribution in [-0.2, 0) is 4.74 Å². The van der Waals surface area contributed by atoms with Gasteiger partial charge in [-0.1, -0.05) is 0 Å². The molecule has 1 amide bonds. The van der Waals surface area contributed by atoms with Gasteiger partial charge in [0.15, 0.2) is 0 Å². The summed E-state index contributed by atoms with van der Waals surface area (Å²) in [5, 5.41) is 0. The van der Waals surface area contributed by atoms with Gasteiger partial charge in [-0.25, -0.2) is 0 Å². The van der Waals surface area contributed by atoms with Gasteiger partial charge in [0, 0.05) is 12.4 Å². The van der Waals surface area contributed by atoms with Gasteiger partial charge in [-0.2, -0.15) is 0 Å². The summed E-state index contributed by atoms with van der Waals surface area (Å²) in [6, 6.07) is 3.82. The van der Waals surface area contributed by atoms with Crippen LogP contribution < -0.4 is 0 Å². The fourth-order valence-corrected chi connectivity index (χ4v) is 2.04. The molecule has 86 valence electrons. The van der Waals surface area contributed by atoms with E-state index in [-0.39, 0.29) is 18.0 Å². The van der Waals surface area contributed by atoms with E-state index in [0.717, 1.165) is 0 Å². The Hall–Kier alpha value is -1.42. The highest BCUT2D eigenvalue weighted by Gasteiger charge is 2.30. The van der Waals surface area contributed by atoms with Crippen molar-refractivity contribution >= 4 is 5.91 Å². The van der Waals surface area contributed by atoms with Crippen LogP contribution in [-0.4, -0.2) is 41.1 Å². The van der Waals surface area contributed by atoms with Gasteiger partial charge in [-0.3, -0.25) is 9.78 Å². The van der Waals surface area contributed by atoms with Crippen molar-refractivity contribution in [2.75, 3.05) is 13.2 Å². The van der Waals surface area contributed by atoms with Crippen LogP contribution in [0.4, 0.5) is 0 Å². The minimum atomic E-state index is 0.0383. The monoisotopic (exact) mass is 220 g/mol. The average molecular weight is 220 g/mol. The highest BCUT2D eigenvalue weighted by Crippen LogP contribution is 2.16. The molecule has 0 radical (unpaired) electrons. The average Bonchev–Trinajstić information content (AvgIpc) is 2.30. The molecule has 1 aromatic rings. The molecule has 1 fully saturated rings. The first-order chi connectivity index (χ1) is 7.70. The minimum Gasteiger partial charge on any atom is -0.377 e. The predicted molar refractivity (Wildman–Crippen MR) is 60.1 cm³/mol. The molecular weight excluding hydrogens is 204 g/mol. The molecule has 4 heteroatoms. The van der Waals surface area contributed by atoms with Gasteiger partial charge in [0.2, 0.25) is 0 Å². The molecule has 2 atom stereocenters. The fraction of sp³-hybridized carbons (Fsp3) is 0.500. The van der Waals surface area contributed by atoms with E-state index in [2.05, 4.69) is 4.98 Å². The summed E-state index contributed by atoms with van der Waals surface area (Å²) < 4.78 is 5.40. The lowest BCUT2D eigenvalue weighted by atomic mass is 10.1. The lowest BCUT2D eigenvalue weighted by Crippen LogP contribution is -2.52. The predicted octanol–water partition coefficient (Wildman–Crippen LogP) is 1.33. The number of hydrogen-bond donors (Lipinski definition) is 0. The Morgan fingerprint density at radius 1 is 1.44 bits per heavy atom. The third-order valence-electron chi connectivity index (χ3n) is 2.81. The maximum Gasteiger partial charge on any atom is 0.256 e. The Labute approximate surface area is 95.2 Å². The van der Waals surface area contributed by atoms with Gasteiger partial charge in [-0.15, -0.1) is 0 Å². The van der Waals surface area contributed by atoms with E-state index < -0.39 is 0 Å². The van der Waals surface area contributed by atoms with E-state index in [1.54, 1.807) is 24.5 Å². The van der Waals surface area contributed by atoms with Gasteiger partial charge in [0.05, 0.1) is 30.9 Å². The normalized spacial score (nSPS) is 25.5. The molecule has 0 aliphatic carbocycles. The van der Waals surface area contributed by atoms with E-state index >= 15 is 0 Å². The number of carbonyl (C=O) groups is 1. The second-order valence-corrected chi connectivity index (χ2v) is 4.19. The molecule has 16 heavy (non-hydrogen) atoms. The number of pyridine rings is 1. The van der Waals surface area contributed by atoms with E-state index in [9.17, 15) is 4.79 Å². The molecule has 0 aromatic carbocycles. The molecule has 0 spiro atoms. The molecule has 1 aliphatic rings. The maximum atomic E-state index is 12.3. The van der Waals surface area contributed by atoms with Gasteiger partial charge in [-0.05, 0) is 26.0 Å². The van der Waals surface area contributed by atoms with Gasteiger partial charge < -0.3 is 9.64 Å². The van der Waals surface area contributed by atoms with E-state index in [1.807, 2.05) is 18.7 Å². The number of aromatic nitrogens is 1. The highest BCUT2D eigenvalue weighted by atomic mass is 16.5. The van der Waals surface area contributed by atoms with Gasteiger partial charge >= 0.3 is 0 Å². The summed E-state index contributed by atoms with van der Waals surface area (Å²) in [6.07, 6.45) is 3.28. The zero-order valence-corrected chi connectivity index (χ0v) is 9.59. The van der Waals surface area contributed by atoms with Crippen LogP contribution >= 0.6 is 0 Å². The SMILES string of the molecule is C[C@@H]1COC[C@H](C)N1C(=O)c1cccnc1. The summed E-state index contributed by atoms with van der Waals surface area (Å²) in [6.45, 7) is 5.22. The Morgan fingerprint density at radius 2 is 2.12 bits per heavy atom. The molecule has 4 nitrogen and oxygen atoms in total. The third-order valence-corrected chi connectivity index (χ3v) is 2.81. The summed E-state index contributed by atoms with van der Waals surface area (Å²) >= 11 is 0. The van der Waals surface area contributed by atoms with Crippen LogP contribution in [0.25, 0.3) is 0 Å². The number of rotatable bonds is 1. The zero-order valence-electron chi connectivity index (χ0n) is 9.59. The Bertz CT molecular complexity index is 357. The first-order valence-electron chi connectivity index (χ1n) is 5.50. The summed E-state index contributed by atoms with van der Waals surface area (Å²) in [4.78, 5) is 18.1.